The molecule has 20 heavy (non-hydrogen) atoms. The number of furan rings is 1. The van der Waals surface area contributed by atoms with E-state index in [0.717, 1.165) is 5.56 Å². The van der Waals surface area contributed by atoms with Crippen LogP contribution in [0.4, 0.5) is 0 Å². The minimum atomic E-state index is -3.19. The Kier molecular flexibility index (Phi) is 4.27. The first-order valence-electron chi connectivity index (χ1n) is 6.05. The number of nitrogens with two attached hydrogens (primary N) is 1. The van der Waals surface area contributed by atoms with Gasteiger partial charge in [-0.2, -0.15) is 0 Å². The quantitative estimate of drug-likeness (QED) is 0.910. The summed E-state index contributed by atoms with van der Waals surface area (Å²) in [4.78, 5) is 0.271. The molecule has 2 aromatic rings. The Bertz CT molecular complexity index is 673. The molecule has 0 fully saturated rings. The second-order valence-electron chi connectivity index (χ2n) is 4.56. The van der Waals surface area contributed by atoms with Gasteiger partial charge in [0.1, 0.15) is 18.1 Å². The fourth-order valence-corrected chi connectivity index (χ4v) is 2.50. The summed E-state index contributed by atoms with van der Waals surface area (Å²) in [5.41, 5.74) is 6.89. The van der Waals surface area contributed by atoms with E-state index in [9.17, 15) is 8.42 Å². The van der Waals surface area contributed by atoms with Crippen LogP contribution in [0.15, 0.2) is 45.7 Å². The highest BCUT2D eigenvalue weighted by atomic mass is 32.2. The zero-order valence-electron chi connectivity index (χ0n) is 11.4. The molecular weight excluding hydrogens is 278 g/mol. The Morgan fingerprint density at radius 3 is 2.40 bits per heavy atom. The highest BCUT2D eigenvalue weighted by molar-refractivity contribution is 7.90. The first-order chi connectivity index (χ1) is 9.41. The summed E-state index contributed by atoms with van der Waals surface area (Å²) in [6.07, 6.45) is 1.17. The number of hydrogen-bond acceptors (Lipinski definition) is 5. The molecule has 1 atom stereocenters. The summed E-state index contributed by atoms with van der Waals surface area (Å²) >= 11 is 0. The van der Waals surface area contributed by atoms with E-state index in [1.807, 2.05) is 6.07 Å². The van der Waals surface area contributed by atoms with Gasteiger partial charge in [-0.1, -0.05) is 12.1 Å². The van der Waals surface area contributed by atoms with Gasteiger partial charge in [0.15, 0.2) is 9.84 Å². The van der Waals surface area contributed by atoms with Crippen LogP contribution in [0.25, 0.3) is 0 Å². The van der Waals surface area contributed by atoms with Crippen molar-refractivity contribution in [2.75, 3.05) is 13.4 Å². The molecular formula is C14H17NO4S. The summed E-state index contributed by atoms with van der Waals surface area (Å²) in [6.45, 7) is 0.389. The molecule has 0 aliphatic heterocycles. The molecule has 0 radical (unpaired) electrons. The Hall–Kier alpha value is -1.63. The predicted molar refractivity (Wildman–Crippen MR) is 75.0 cm³/mol. The highest BCUT2D eigenvalue weighted by Gasteiger charge is 2.14. The van der Waals surface area contributed by atoms with Crippen LogP contribution in [-0.2, 0) is 21.2 Å². The molecule has 0 spiro atoms. The Labute approximate surface area is 118 Å². The third-order valence-electron chi connectivity index (χ3n) is 2.94. The molecule has 1 heterocycles. The molecule has 0 saturated heterocycles. The van der Waals surface area contributed by atoms with E-state index in [0.29, 0.717) is 18.1 Å². The van der Waals surface area contributed by atoms with E-state index >= 15 is 0 Å². The third-order valence-corrected chi connectivity index (χ3v) is 4.07. The molecule has 0 amide bonds. The molecule has 1 aromatic heterocycles. The lowest BCUT2D eigenvalue weighted by atomic mass is 10.1. The van der Waals surface area contributed by atoms with Crippen LogP contribution in [0.1, 0.15) is 23.1 Å². The van der Waals surface area contributed by atoms with E-state index in [4.69, 9.17) is 14.9 Å². The van der Waals surface area contributed by atoms with Gasteiger partial charge in [0.05, 0.1) is 10.9 Å². The smallest absolute Gasteiger partial charge is 0.175 e. The Morgan fingerprint density at radius 2 is 1.85 bits per heavy atom. The molecule has 108 valence electrons. The standard InChI is InChI=1S/C14H17NO4S/c1-18-9-11-5-8-13(19-11)14(15)10-3-6-12(7-4-10)20(2,16)17/h3-8,14H,9,15H2,1-2H3. The van der Waals surface area contributed by atoms with Crippen molar-refractivity contribution in [3.8, 4) is 0 Å². The maximum Gasteiger partial charge on any atom is 0.175 e. The fraction of sp³-hybridized carbons (Fsp3) is 0.286. The van der Waals surface area contributed by atoms with Crippen LogP contribution in [0.2, 0.25) is 0 Å². The van der Waals surface area contributed by atoms with Crippen molar-refractivity contribution in [3.63, 3.8) is 0 Å². The molecule has 5 nitrogen and oxygen atoms in total. The van der Waals surface area contributed by atoms with E-state index in [1.54, 1.807) is 37.4 Å². The molecule has 0 aliphatic carbocycles. The van der Waals surface area contributed by atoms with Crippen molar-refractivity contribution in [1.82, 2.24) is 0 Å². The van der Waals surface area contributed by atoms with Gasteiger partial charge < -0.3 is 14.9 Å². The highest BCUT2D eigenvalue weighted by Crippen LogP contribution is 2.23. The van der Waals surface area contributed by atoms with Gasteiger partial charge in [0, 0.05) is 13.4 Å². The first-order valence-corrected chi connectivity index (χ1v) is 7.94. The number of hydrogen-bond donors (Lipinski definition) is 1. The van der Waals surface area contributed by atoms with E-state index in [1.165, 1.54) is 6.26 Å². The van der Waals surface area contributed by atoms with Crippen molar-refractivity contribution in [2.24, 2.45) is 5.73 Å². The molecule has 0 aliphatic rings. The van der Waals surface area contributed by atoms with Gasteiger partial charge in [-0.15, -0.1) is 0 Å². The van der Waals surface area contributed by atoms with Gasteiger partial charge in [0.2, 0.25) is 0 Å². The van der Waals surface area contributed by atoms with Crippen molar-refractivity contribution in [3.05, 3.63) is 53.5 Å². The van der Waals surface area contributed by atoms with Crippen molar-refractivity contribution >= 4 is 9.84 Å². The molecule has 0 saturated carbocycles. The maximum absolute atomic E-state index is 11.4. The Morgan fingerprint density at radius 1 is 1.20 bits per heavy atom. The second kappa shape index (κ2) is 5.78. The zero-order valence-corrected chi connectivity index (χ0v) is 12.2. The normalized spacial score (nSPS) is 13.3. The molecule has 1 aromatic carbocycles. The van der Waals surface area contributed by atoms with E-state index in [2.05, 4.69) is 0 Å². The summed E-state index contributed by atoms with van der Waals surface area (Å²) in [5.74, 6) is 1.31. The van der Waals surface area contributed by atoms with Gasteiger partial charge in [-0.3, -0.25) is 0 Å². The van der Waals surface area contributed by atoms with E-state index in [-0.39, 0.29) is 4.90 Å². The average molecular weight is 295 g/mol. The largest absolute Gasteiger partial charge is 0.462 e. The lowest BCUT2D eigenvalue weighted by Crippen LogP contribution is -2.11. The van der Waals surface area contributed by atoms with Crippen LogP contribution in [0.3, 0.4) is 0 Å². The third kappa shape index (κ3) is 3.27. The number of rotatable bonds is 5. The maximum atomic E-state index is 11.4. The second-order valence-corrected chi connectivity index (χ2v) is 6.57. The molecule has 2 N–H and O–H groups in total. The van der Waals surface area contributed by atoms with Crippen LogP contribution in [-0.4, -0.2) is 21.8 Å². The van der Waals surface area contributed by atoms with Gasteiger partial charge in [-0.05, 0) is 29.8 Å². The van der Waals surface area contributed by atoms with Crippen molar-refractivity contribution < 1.29 is 17.6 Å². The van der Waals surface area contributed by atoms with Crippen LogP contribution in [0.5, 0.6) is 0 Å². The van der Waals surface area contributed by atoms with Crippen molar-refractivity contribution in [2.45, 2.75) is 17.5 Å². The molecule has 2 rings (SSSR count). The van der Waals surface area contributed by atoms with Gasteiger partial charge >= 0.3 is 0 Å². The molecule has 0 bridgehead atoms. The fourth-order valence-electron chi connectivity index (χ4n) is 1.87. The predicted octanol–water partition coefficient (Wildman–Crippen LogP) is 1.88. The lowest BCUT2D eigenvalue weighted by Gasteiger charge is -2.10. The molecule has 6 heteroatoms. The SMILES string of the molecule is COCc1ccc(C(N)c2ccc(S(C)(=O)=O)cc2)o1. The number of methoxy groups -OCH3 is 1. The van der Waals surface area contributed by atoms with Crippen molar-refractivity contribution in [1.29, 1.82) is 0 Å². The summed E-state index contributed by atoms with van der Waals surface area (Å²) < 4.78 is 33.3. The minimum Gasteiger partial charge on any atom is -0.462 e. The Balaban J connectivity index is 2.22. The van der Waals surface area contributed by atoms with Crippen LogP contribution >= 0.6 is 0 Å². The minimum absolute atomic E-state index is 0.271. The van der Waals surface area contributed by atoms with Gasteiger partial charge in [0.25, 0.3) is 0 Å². The van der Waals surface area contributed by atoms with Crippen LogP contribution < -0.4 is 5.73 Å². The lowest BCUT2D eigenvalue weighted by molar-refractivity contribution is 0.162. The molecule has 1 unspecified atom stereocenters. The zero-order chi connectivity index (χ0) is 14.8. The number of ether oxygens (including phenoxy) is 1. The van der Waals surface area contributed by atoms with E-state index < -0.39 is 15.9 Å². The number of benzene rings is 1. The summed E-state index contributed by atoms with van der Waals surface area (Å²) in [6, 6.07) is 9.65. The van der Waals surface area contributed by atoms with Gasteiger partial charge in [-0.25, -0.2) is 8.42 Å². The summed E-state index contributed by atoms with van der Waals surface area (Å²) in [7, 11) is -1.60. The van der Waals surface area contributed by atoms with Crippen LogP contribution in [0, 0.1) is 0 Å². The topological polar surface area (TPSA) is 82.5 Å². The average Bonchev–Trinajstić information content (AvgIpc) is 2.86. The first kappa shape index (κ1) is 14.8. The number of sulfone groups is 1. The monoisotopic (exact) mass is 295 g/mol. The summed E-state index contributed by atoms with van der Waals surface area (Å²) in [5, 5.41) is 0.